The molecule has 2 aliphatic rings. The van der Waals surface area contributed by atoms with Crippen molar-refractivity contribution in [3.05, 3.63) is 23.3 Å². The Labute approximate surface area is 147 Å². The van der Waals surface area contributed by atoms with Gasteiger partial charge in [-0.3, -0.25) is 4.90 Å². The van der Waals surface area contributed by atoms with Gasteiger partial charge in [-0.2, -0.15) is 0 Å². The van der Waals surface area contributed by atoms with E-state index in [9.17, 15) is 0 Å². The lowest BCUT2D eigenvalue weighted by molar-refractivity contribution is 0.0428. The first-order valence-corrected chi connectivity index (χ1v) is 9.56. The van der Waals surface area contributed by atoms with Crippen LogP contribution in [0.3, 0.4) is 0 Å². The molecule has 1 fully saturated rings. The molecular weight excluding hydrogens is 297 g/mol. The van der Waals surface area contributed by atoms with Crippen LogP contribution in [0.5, 0.6) is 11.5 Å². The van der Waals surface area contributed by atoms with Crippen LogP contribution in [-0.4, -0.2) is 32.2 Å². The summed E-state index contributed by atoms with van der Waals surface area (Å²) >= 11 is 0. The maximum atomic E-state index is 5.57. The lowest BCUT2D eigenvalue weighted by Crippen LogP contribution is -2.46. The average molecular weight is 331 g/mol. The first kappa shape index (κ1) is 17.6. The summed E-state index contributed by atoms with van der Waals surface area (Å²) in [5, 5.41) is 0. The molecule has 1 saturated heterocycles. The van der Waals surface area contributed by atoms with Gasteiger partial charge in [0.2, 0.25) is 0 Å². The van der Waals surface area contributed by atoms with Gasteiger partial charge in [-0.1, -0.05) is 27.2 Å². The normalized spacial score (nSPS) is 26.8. The monoisotopic (exact) mass is 330 g/mol. The van der Waals surface area contributed by atoms with E-state index in [1.54, 1.807) is 14.2 Å². The number of rotatable bonds is 5. The fourth-order valence-corrected chi connectivity index (χ4v) is 4.88. The van der Waals surface area contributed by atoms with E-state index in [1.165, 1.54) is 43.5 Å². The molecule has 0 saturated carbocycles. The summed E-state index contributed by atoms with van der Waals surface area (Å²) in [6, 6.07) is 4.99. The van der Waals surface area contributed by atoms with Crippen molar-refractivity contribution in [3.8, 4) is 11.5 Å². The molecule has 134 valence electrons. The molecule has 0 bridgehead atoms. The standard InChI is InChI=1S/C21H33NO2/c1-6-15-10-19-18-12-21(24-5)20(23-4)11-16(18)7-8-22(19)13-17(15)9-14(2)3/h11-12,14-15,17,19H,6-10,13H2,1-5H3/t15-,17-,19?/m1/s1/i1-1. The summed E-state index contributed by atoms with van der Waals surface area (Å²) in [5.41, 5.74) is 2.92. The molecule has 1 aromatic carbocycles. The van der Waals surface area contributed by atoms with E-state index in [4.69, 9.17) is 9.47 Å². The van der Waals surface area contributed by atoms with Crippen molar-refractivity contribution in [3.63, 3.8) is 0 Å². The molecule has 3 nitrogen and oxygen atoms in total. The molecule has 0 N–H and O–H groups in total. The first-order valence-electron chi connectivity index (χ1n) is 9.56. The highest BCUT2D eigenvalue weighted by Gasteiger charge is 2.38. The summed E-state index contributed by atoms with van der Waals surface area (Å²) in [6.07, 6.45) is 5.07. The van der Waals surface area contributed by atoms with Gasteiger partial charge in [-0.05, 0) is 60.3 Å². The summed E-state index contributed by atoms with van der Waals surface area (Å²) < 4.78 is 11.1. The van der Waals surface area contributed by atoms with E-state index in [1.807, 2.05) is 0 Å². The molecule has 0 aliphatic carbocycles. The van der Waals surface area contributed by atoms with E-state index < -0.39 is 0 Å². The van der Waals surface area contributed by atoms with Gasteiger partial charge in [0.25, 0.3) is 0 Å². The fourth-order valence-electron chi connectivity index (χ4n) is 4.88. The summed E-state index contributed by atoms with van der Waals surface area (Å²) in [6.45, 7) is 9.53. The third-order valence-corrected chi connectivity index (χ3v) is 6.07. The molecule has 24 heavy (non-hydrogen) atoms. The van der Waals surface area contributed by atoms with Crippen LogP contribution in [0.1, 0.15) is 57.2 Å². The minimum absolute atomic E-state index is 0.557. The van der Waals surface area contributed by atoms with Crippen LogP contribution in [-0.2, 0) is 6.42 Å². The van der Waals surface area contributed by atoms with Crippen LogP contribution in [0.25, 0.3) is 0 Å². The Hall–Kier alpha value is -1.22. The molecule has 0 amide bonds. The van der Waals surface area contributed by atoms with Crippen LogP contribution in [0.2, 0.25) is 0 Å². The molecule has 0 aromatic heterocycles. The van der Waals surface area contributed by atoms with Gasteiger partial charge < -0.3 is 9.47 Å². The van der Waals surface area contributed by atoms with Gasteiger partial charge in [0.1, 0.15) is 0 Å². The maximum Gasteiger partial charge on any atom is 0.161 e. The van der Waals surface area contributed by atoms with E-state index in [2.05, 4.69) is 37.8 Å². The van der Waals surface area contributed by atoms with Gasteiger partial charge >= 0.3 is 0 Å². The van der Waals surface area contributed by atoms with Crippen LogP contribution in [0, 0.1) is 17.8 Å². The topological polar surface area (TPSA) is 21.7 Å². The summed E-state index contributed by atoms with van der Waals surface area (Å²) in [4.78, 5) is 2.73. The van der Waals surface area contributed by atoms with Crippen molar-refractivity contribution in [2.75, 3.05) is 27.3 Å². The molecule has 2 aliphatic heterocycles. The minimum atomic E-state index is 0.557. The van der Waals surface area contributed by atoms with Crippen molar-refractivity contribution in [1.82, 2.24) is 4.90 Å². The zero-order valence-corrected chi connectivity index (χ0v) is 16.0. The van der Waals surface area contributed by atoms with Gasteiger partial charge in [0, 0.05) is 19.1 Å². The predicted octanol–water partition coefficient (Wildman–Crippen LogP) is 4.70. The molecule has 0 spiro atoms. The second-order valence-corrected chi connectivity index (χ2v) is 7.96. The zero-order chi connectivity index (χ0) is 17.3. The summed E-state index contributed by atoms with van der Waals surface area (Å²) in [5.74, 6) is 4.23. The van der Waals surface area contributed by atoms with Gasteiger partial charge in [-0.15, -0.1) is 0 Å². The number of hydrogen-bond donors (Lipinski definition) is 0. The van der Waals surface area contributed by atoms with Gasteiger partial charge in [0.05, 0.1) is 14.2 Å². The second-order valence-electron chi connectivity index (χ2n) is 7.96. The number of fused-ring (bicyclic) bond motifs is 3. The molecule has 2 heterocycles. The quantitative estimate of drug-likeness (QED) is 0.781. The van der Waals surface area contributed by atoms with Gasteiger partial charge in [0.15, 0.2) is 11.5 Å². The Morgan fingerprint density at radius 3 is 2.46 bits per heavy atom. The Morgan fingerprint density at radius 1 is 1.12 bits per heavy atom. The fraction of sp³-hybridized carbons (Fsp3) is 0.714. The third-order valence-electron chi connectivity index (χ3n) is 6.07. The first-order chi connectivity index (χ1) is 11.6. The molecule has 1 unspecified atom stereocenters. The van der Waals surface area contributed by atoms with Crippen molar-refractivity contribution in [1.29, 1.82) is 0 Å². The van der Waals surface area contributed by atoms with E-state index in [-0.39, 0.29) is 0 Å². The van der Waals surface area contributed by atoms with Crippen LogP contribution >= 0.6 is 0 Å². The molecule has 3 heteroatoms. The Balaban J connectivity index is 1.89. The highest BCUT2D eigenvalue weighted by Crippen LogP contribution is 2.46. The maximum absolute atomic E-state index is 5.57. The second kappa shape index (κ2) is 7.35. The van der Waals surface area contributed by atoms with Crippen LogP contribution in [0.15, 0.2) is 12.1 Å². The lowest BCUT2D eigenvalue weighted by Gasteiger charge is -2.47. The molecule has 3 atom stereocenters. The number of benzene rings is 1. The SMILES string of the molecule is COc1cc2c(cc1OC)C1C[C@@H](C[11CH3])[C@H](CC(C)C)CN1CC2. The minimum Gasteiger partial charge on any atom is -0.493 e. The van der Waals surface area contributed by atoms with Crippen molar-refractivity contribution in [2.24, 2.45) is 17.8 Å². The smallest absolute Gasteiger partial charge is 0.161 e. The van der Waals surface area contributed by atoms with Crippen molar-refractivity contribution >= 4 is 0 Å². The van der Waals surface area contributed by atoms with Crippen LogP contribution < -0.4 is 9.47 Å². The number of methoxy groups -OCH3 is 2. The zero-order valence-electron chi connectivity index (χ0n) is 16.0. The van der Waals surface area contributed by atoms with Gasteiger partial charge in [-0.25, -0.2) is 0 Å². The Bertz CT molecular complexity index is 569. The highest BCUT2D eigenvalue weighted by atomic mass is 16.5. The van der Waals surface area contributed by atoms with E-state index >= 15 is 0 Å². The predicted molar refractivity (Wildman–Crippen MR) is 98.9 cm³/mol. The number of hydrogen-bond acceptors (Lipinski definition) is 3. The molecule has 1 aromatic rings. The van der Waals surface area contributed by atoms with Crippen LogP contribution in [0.4, 0.5) is 0 Å². The average Bonchev–Trinajstić information content (AvgIpc) is 2.59. The van der Waals surface area contributed by atoms with E-state index in [0.29, 0.717) is 6.04 Å². The van der Waals surface area contributed by atoms with Crippen molar-refractivity contribution < 1.29 is 9.47 Å². The Kier molecular flexibility index (Phi) is 5.39. The number of piperidine rings is 1. The van der Waals surface area contributed by atoms with E-state index in [0.717, 1.165) is 35.7 Å². The van der Waals surface area contributed by atoms with Crippen molar-refractivity contribution in [2.45, 2.75) is 52.5 Å². The number of nitrogens with zero attached hydrogens (tertiary/aromatic N) is 1. The number of ether oxygens (including phenoxy) is 2. The largest absolute Gasteiger partial charge is 0.493 e. The third kappa shape index (κ3) is 3.28. The molecule has 0 radical (unpaired) electrons. The molecular formula is C21H33NO2. The Morgan fingerprint density at radius 2 is 1.83 bits per heavy atom. The molecule has 3 rings (SSSR count). The highest BCUT2D eigenvalue weighted by molar-refractivity contribution is 5.49. The summed E-state index contributed by atoms with van der Waals surface area (Å²) in [7, 11) is 3.46. The lowest BCUT2D eigenvalue weighted by atomic mass is 9.71.